The number of thioether (sulfide) groups is 1. The van der Waals surface area contributed by atoms with Crippen LogP contribution in [0.5, 0.6) is 0 Å². The molecule has 7 nitrogen and oxygen atoms in total. The van der Waals surface area contributed by atoms with Gasteiger partial charge >= 0.3 is 12.4 Å². The minimum absolute atomic E-state index is 0.0966. The zero-order valence-corrected chi connectivity index (χ0v) is 22.3. The summed E-state index contributed by atoms with van der Waals surface area (Å²) in [5.41, 5.74) is -1.92. The van der Waals surface area contributed by atoms with Crippen molar-refractivity contribution in [3.8, 4) is 0 Å². The van der Waals surface area contributed by atoms with Crippen LogP contribution in [-0.4, -0.2) is 72.5 Å². The SMILES string of the molecule is N=Cc1cc(/C=C2\SC(N3CC(N4CCOCC4)C3)=NC2=O)ccc1NCc1ccc(C(F)(F)F)cc1C(F)(F)F. The second kappa shape index (κ2) is 11.5. The molecule has 0 bridgehead atoms. The second-order valence-electron chi connectivity index (χ2n) is 9.73. The van der Waals surface area contributed by atoms with Crippen LogP contribution in [-0.2, 0) is 28.4 Å². The average molecular weight is 598 g/mol. The molecule has 2 aromatic carbocycles. The standard InChI is InChI=1S/C27H25F6N5O2S/c28-26(29,30)19-3-2-17(21(11-19)27(31,32)33)13-35-22-4-1-16(9-18(22)12-34)10-23-24(39)36-25(41-23)38-14-20(15-38)37-5-7-40-8-6-37/h1-4,9-12,20,34-35H,5-8,13-15H2/b23-10-,34-12?. The Hall–Kier alpha value is -3.36. The van der Waals surface area contributed by atoms with Gasteiger partial charge < -0.3 is 20.4 Å². The van der Waals surface area contributed by atoms with Crippen molar-refractivity contribution in [2.24, 2.45) is 4.99 Å². The van der Waals surface area contributed by atoms with E-state index in [0.29, 0.717) is 52.2 Å². The van der Waals surface area contributed by atoms with Gasteiger partial charge in [0.25, 0.3) is 5.91 Å². The van der Waals surface area contributed by atoms with Crippen LogP contribution >= 0.6 is 11.8 Å². The number of likely N-dealkylation sites (tertiary alicyclic amines) is 1. The first-order valence-electron chi connectivity index (χ1n) is 12.7. The molecule has 14 heteroatoms. The van der Waals surface area contributed by atoms with Gasteiger partial charge in [-0.1, -0.05) is 12.1 Å². The highest BCUT2D eigenvalue weighted by molar-refractivity contribution is 8.18. The second-order valence-corrected chi connectivity index (χ2v) is 10.7. The summed E-state index contributed by atoms with van der Waals surface area (Å²) in [5.74, 6) is -0.375. The third-order valence-electron chi connectivity index (χ3n) is 7.04. The number of benzene rings is 2. The molecule has 0 aliphatic carbocycles. The molecule has 3 heterocycles. The first kappa shape index (κ1) is 29.1. The van der Waals surface area contributed by atoms with Crippen LogP contribution in [0.2, 0.25) is 0 Å². The maximum absolute atomic E-state index is 13.5. The van der Waals surface area contributed by atoms with Gasteiger partial charge in [-0.25, -0.2) is 0 Å². The largest absolute Gasteiger partial charge is 0.416 e. The van der Waals surface area contributed by atoms with E-state index in [1.54, 1.807) is 24.3 Å². The summed E-state index contributed by atoms with van der Waals surface area (Å²) in [6.07, 6.45) is -7.25. The number of carbonyl (C=O) groups is 1. The van der Waals surface area contributed by atoms with Gasteiger partial charge in [-0.2, -0.15) is 31.3 Å². The highest BCUT2D eigenvalue weighted by atomic mass is 32.2. The molecule has 2 saturated heterocycles. The fraction of sp³-hybridized carbons (Fsp3) is 0.370. The van der Waals surface area contributed by atoms with Crippen molar-refractivity contribution in [1.82, 2.24) is 9.80 Å². The van der Waals surface area contributed by atoms with Crippen molar-refractivity contribution in [3.05, 3.63) is 69.1 Å². The molecule has 2 N–H and O–H groups in total. The van der Waals surface area contributed by atoms with Crippen molar-refractivity contribution in [3.63, 3.8) is 0 Å². The van der Waals surface area contributed by atoms with Crippen LogP contribution in [0.25, 0.3) is 6.08 Å². The number of nitrogens with zero attached hydrogens (tertiary/aromatic N) is 3. The maximum Gasteiger partial charge on any atom is 0.416 e. The summed E-state index contributed by atoms with van der Waals surface area (Å²) < 4.78 is 84.7. The zero-order valence-electron chi connectivity index (χ0n) is 21.5. The van der Waals surface area contributed by atoms with E-state index in [4.69, 9.17) is 10.1 Å². The molecule has 3 aliphatic heterocycles. The van der Waals surface area contributed by atoms with Gasteiger partial charge in [-0.3, -0.25) is 9.69 Å². The summed E-state index contributed by atoms with van der Waals surface area (Å²) in [6.45, 7) is 4.34. The molecular weight excluding hydrogens is 572 g/mol. The molecule has 5 rings (SSSR count). The lowest BCUT2D eigenvalue weighted by molar-refractivity contribution is -0.143. The summed E-state index contributed by atoms with van der Waals surface area (Å²) in [4.78, 5) is 21.6. The first-order chi connectivity index (χ1) is 19.4. The van der Waals surface area contributed by atoms with Crippen molar-refractivity contribution < 1.29 is 35.9 Å². The van der Waals surface area contributed by atoms with Crippen LogP contribution in [0, 0.1) is 5.41 Å². The van der Waals surface area contributed by atoms with Gasteiger partial charge in [0.05, 0.1) is 29.2 Å². The Morgan fingerprint density at radius 3 is 2.44 bits per heavy atom. The Balaban J connectivity index is 1.24. The average Bonchev–Trinajstić information content (AvgIpc) is 3.25. The molecule has 3 aliphatic rings. The smallest absolute Gasteiger partial charge is 0.380 e. The van der Waals surface area contributed by atoms with Gasteiger partial charge in [0.1, 0.15) is 0 Å². The minimum atomic E-state index is -4.98. The molecule has 2 fully saturated rings. The normalized spacial score (nSPS) is 19.9. The van der Waals surface area contributed by atoms with Crippen molar-refractivity contribution in [1.29, 1.82) is 5.41 Å². The summed E-state index contributed by atoms with van der Waals surface area (Å²) in [6, 6.07) is 6.65. The lowest BCUT2D eigenvalue weighted by Gasteiger charge is -2.47. The molecule has 0 spiro atoms. The van der Waals surface area contributed by atoms with Gasteiger partial charge in [0.2, 0.25) is 0 Å². The number of nitrogens with one attached hydrogen (secondary N) is 2. The number of amidine groups is 1. The Morgan fingerprint density at radius 1 is 1.05 bits per heavy atom. The van der Waals surface area contributed by atoms with Gasteiger partial charge in [0, 0.05) is 56.2 Å². The summed E-state index contributed by atoms with van der Waals surface area (Å²) in [7, 11) is 0. The highest BCUT2D eigenvalue weighted by Gasteiger charge is 2.39. The molecule has 218 valence electrons. The number of rotatable bonds is 6. The van der Waals surface area contributed by atoms with Crippen molar-refractivity contribution >= 4 is 40.8 Å². The Kier molecular flexibility index (Phi) is 8.17. The molecule has 0 radical (unpaired) electrons. The molecule has 41 heavy (non-hydrogen) atoms. The van der Waals surface area contributed by atoms with E-state index in [-0.39, 0.29) is 17.5 Å². The lowest BCUT2D eigenvalue weighted by atomic mass is 10.0. The number of morpholine rings is 1. The fourth-order valence-electron chi connectivity index (χ4n) is 4.78. The van der Waals surface area contributed by atoms with E-state index in [1.807, 2.05) is 0 Å². The third kappa shape index (κ3) is 6.60. The first-order valence-corrected chi connectivity index (χ1v) is 13.5. The zero-order chi connectivity index (χ0) is 29.4. The number of hydrogen-bond donors (Lipinski definition) is 2. The summed E-state index contributed by atoms with van der Waals surface area (Å²) in [5, 5.41) is 11.2. The van der Waals surface area contributed by atoms with Crippen LogP contribution in [0.4, 0.5) is 32.0 Å². The number of anilines is 1. The molecular formula is C27H25F6N5O2S. The number of aliphatic imine (C=N–C) groups is 1. The molecule has 1 amide bonds. The number of halogens is 6. The number of alkyl halides is 6. The topological polar surface area (TPSA) is 81.0 Å². The van der Waals surface area contributed by atoms with E-state index >= 15 is 0 Å². The van der Waals surface area contributed by atoms with Gasteiger partial charge in [-0.15, -0.1) is 0 Å². The van der Waals surface area contributed by atoms with Crippen LogP contribution in [0.15, 0.2) is 46.3 Å². The molecule has 0 atom stereocenters. The monoisotopic (exact) mass is 597 g/mol. The van der Waals surface area contributed by atoms with E-state index < -0.39 is 30.0 Å². The van der Waals surface area contributed by atoms with Crippen LogP contribution < -0.4 is 5.32 Å². The number of carbonyl (C=O) groups excluding carboxylic acids is 1. The van der Waals surface area contributed by atoms with Crippen molar-refractivity contribution in [2.45, 2.75) is 24.9 Å². The number of hydrogen-bond acceptors (Lipinski definition) is 7. The number of ether oxygens (including phenoxy) is 1. The fourth-order valence-corrected chi connectivity index (χ4v) is 5.71. The highest BCUT2D eigenvalue weighted by Crippen LogP contribution is 2.38. The Morgan fingerprint density at radius 2 is 1.78 bits per heavy atom. The van der Waals surface area contributed by atoms with Crippen LogP contribution in [0.3, 0.4) is 0 Å². The van der Waals surface area contributed by atoms with E-state index in [2.05, 4.69) is 20.1 Å². The minimum Gasteiger partial charge on any atom is -0.380 e. The predicted molar refractivity (Wildman–Crippen MR) is 144 cm³/mol. The maximum atomic E-state index is 13.5. The summed E-state index contributed by atoms with van der Waals surface area (Å²) >= 11 is 1.26. The van der Waals surface area contributed by atoms with Crippen LogP contribution in [0.1, 0.15) is 27.8 Å². The molecule has 0 unspecified atom stereocenters. The molecule has 0 saturated carbocycles. The molecule has 2 aromatic rings. The third-order valence-corrected chi connectivity index (χ3v) is 8.09. The van der Waals surface area contributed by atoms with E-state index in [1.165, 1.54) is 11.8 Å². The molecule has 0 aromatic heterocycles. The Bertz CT molecular complexity index is 1400. The quantitative estimate of drug-likeness (QED) is 0.267. The van der Waals surface area contributed by atoms with Crippen molar-refractivity contribution in [2.75, 3.05) is 44.7 Å². The van der Waals surface area contributed by atoms with Gasteiger partial charge in [-0.05, 0) is 53.2 Å². The number of amides is 1. The lowest BCUT2D eigenvalue weighted by Crippen LogP contribution is -2.62. The predicted octanol–water partition coefficient (Wildman–Crippen LogP) is 5.32. The Labute approximate surface area is 235 Å². The van der Waals surface area contributed by atoms with E-state index in [0.717, 1.165) is 38.5 Å². The van der Waals surface area contributed by atoms with E-state index in [9.17, 15) is 31.1 Å². The van der Waals surface area contributed by atoms with Gasteiger partial charge in [0.15, 0.2) is 5.17 Å².